The quantitative estimate of drug-likeness (QED) is 0.629. The highest BCUT2D eigenvalue weighted by Crippen LogP contribution is 2.25. The molecule has 0 aliphatic rings. The van der Waals surface area contributed by atoms with E-state index < -0.39 is 21.9 Å². The van der Waals surface area contributed by atoms with Gasteiger partial charge in [-0.05, 0) is 50.3 Å². The summed E-state index contributed by atoms with van der Waals surface area (Å²) in [6, 6.07) is 16.2. The number of aliphatic hydroxyl groups excluding tert-OH is 1. The fraction of sp³-hybridized carbons (Fsp3) is 0.318. The summed E-state index contributed by atoms with van der Waals surface area (Å²) in [7, 11) is -3.89. The maximum Gasteiger partial charge on any atom is 0.303 e. The molecule has 0 heterocycles. The number of carbonyl (C=O) groups is 1. The molecule has 5 nitrogen and oxygen atoms in total. The maximum absolute atomic E-state index is 13.0. The number of benzene rings is 2. The molecule has 2 rings (SSSR count). The second-order valence-corrected chi connectivity index (χ2v) is 8.70. The minimum Gasteiger partial charge on any atom is -0.481 e. The van der Waals surface area contributed by atoms with Crippen molar-refractivity contribution < 1.29 is 23.4 Å². The van der Waals surface area contributed by atoms with Crippen LogP contribution in [0.15, 0.2) is 70.5 Å². The molecule has 0 saturated carbocycles. The molecule has 6 heteroatoms. The van der Waals surface area contributed by atoms with Crippen LogP contribution in [0.3, 0.4) is 0 Å². The van der Waals surface area contributed by atoms with Crippen molar-refractivity contribution in [1.82, 2.24) is 0 Å². The van der Waals surface area contributed by atoms with Gasteiger partial charge < -0.3 is 10.2 Å². The zero-order chi connectivity index (χ0) is 20.6. The van der Waals surface area contributed by atoms with Gasteiger partial charge >= 0.3 is 5.97 Å². The average Bonchev–Trinajstić information content (AvgIpc) is 2.66. The molecule has 0 radical (unpaired) electrons. The van der Waals surface area contributed by atoms with Crippen molar-refractivity contribution in [2.45, 2.75) is 50.0 Å². The molecule has 1 unspecified atom stereocenters. The Morgan fingerprint density at radius 3 is 2.32 bits per heavy atom. The van der Waals surface area contributed by atoms with Crippen molar-refractivity contribution in [1.29, 1.82) is 0 Å². The van der Waals surface area contributed by atoms with E-state index in [0.29, 0.717) is 6.42 Å². The lowest BCUT2D eigenvalue weighted by atomic mass is 10.1. The van der Waals surface area contributed by atoms with E-state index in [1.165, 1.54) is 18.2 Å². The average molecular weight is 403 g/mol. The van der Waals surface area contributed by atoms with Gasteiger partial charge in [0.2, 0.25) is 9.84 Å². The second kappa shape index (κ2) is 10.2. The third kappa shape index (κ3) is 6.32. The van der Waals surface area contributed by atoms with Gasteiger partial charge in [0.1, 0.15) is 0 Å². The fourth-order valence-corrected chi connectivity index (χ4v) is 4.48. The summed E-state index contributed by atoms with van der Waals surface area (Å²) >= 11 is 0. The van der Waals surface area contributed by atoms with E-state index in [1.54, 1.807) is 12.1 Å². The summed E-state index contributed by atoms with van der Waals surface area (Å²) < 4.78 is 26.0. The van der Waals surface area contributed by atoms with Gasteiger partial charge in [-0.2, -0.15) is 0 Å². The van der Waals surface area contributed by atoms with Crippen molar-refractivity contribution in [2.75, 3.05) is 0 Å². The van der Waals surface area contributed by atoms with Crippen molar-refractivity contribution in [3.8, 4) is 0 Å². The summed E-state index contributed by atoms with van der Waals surface area (Å²) in [4.78, 5) is 10.8. The van der Waals surface area contributed by atoms with Crippen LogP contribution in [0.2, 0.25) is 0 Å². The lowest BCUT2D eigenvalue weighted by molar-refractivity contribution is -0.136. The monoisotopic (exact) mass is 402 g/mol. The van der Waals surface area contributed by atoms with E-state index in [-0.39, 0.29) is 29.1 Å². The molecule has 1 atom stereocenters. The summed E-state index contributed by atoms with van der Waals surface area (Å²) in [6.45, 7) is 1.86. The first kappa shape index (κ1) is 21.9. The molecule has 0 fully saturated rings. The molecule has 2 N–H and O–H groups in total. The smallest absolute Gasteiger partial charge is 0.303 e. The Kier molecular flexibility index (Phi) is 7.96. The minimum absolute atomic E-state index is 0.0471. The van der Waals surface area contributed by atoms with E-state index in [9.17, 15) is 18.3 Å². The molecule has 0 aliphatic heterocycles. The van der Waals surface area contributed by atoms with Crippen LogP contribution in [0.4, 0.5) is 0 Å². The van der Waals surface area contributed by atoms with Crippen LogP contribution >= 0.6 is 0 Å². The summed E-state index contributed by atoms with van der Waals surface area (Å²) in [5.74, 6) is -1.01. The number of carboxylic acid groups (broad SMARTS) is 1. The zero-order valence-electron chi connectivity index (χ0n) is 15.9. The molecule has 2 aromatic carbocycles. The molecule has 150 valence electrons. The van der Waals surface area contributed by atoms with E-state index in [2.05, 4.69) is 0 Å². The van der Waals surface area contributed by atoms with Crippen LogP contribution in [0.25, 0.3) is 0 Å². The van der Waals surface area contributed by atoms with Gasteiger partial charge in [-0.3, -0.25) is 4.79 Å². The van der Waals surface area contributed by atoms with Crippen molar-refractivity contribution in [2.24, 2.45) is 0 Å². The first-order valence-corrected chi connectivity index (χ1v) is 10.7. The topological polar surface area (TPSA) is 91.7 Å². The second-order valence-electron chi connectivity index (χ2n) is 6.75. The molecule has 0 spiro atoms. The Morgan fingerprint density at radius 2 is 1.71 bits per heavy atom. The third-order valence-electron chi connectivity index (χ3n) is 4.46. The highest BCUT2D eigenvalue weighted by atomic mass is 32.2. The Hall–Kier alpha value is -2.44. The minimum atomic E-state index is -3.89. The standard InChI is InChI=1S/C22H26O5S/c1-17-13-15-19(16-14-17)28(26,27)21(11-6-12-22(24)25)20(23)10-5-9-18-7-3-2-4-8-18/h2-4,7-8,11,13-16,20,23H,5-6,9-10,12H2,1H3,(H,24,25)/b21-11+. The Balaban J connectivity index is 2.17. The predicted octanol–water partition coefficient (Wildman–Crippen LogP) is 3.90. The number of aliphatic hydroxyl groups is 1. The summed E-state index contributed by atoms with van der Waals surface area (Å²) in [5, 5.41) is 19.5. The molecule has 0 aliphatic carbocycles. The van der Waals surface area contributed by atoms with Gasteiger partial charge in [0, 0.05) is 6.42 Å². The van der Waals surface area contributed by atoms with Crippen LogP contribution < -0.4 is 0 Å². The molecule has 0 amide bonds. The molecule has 28 heavy (non-hydrogen) atoms. The molecular weight excluding hydrogens is 376 g/mol. The Morgan fingerprint density at radius 1 is 1.07 bits per heavy atom. The number of rotatable bonds is 10. The first-order chi connectivity index (χ1) is 13.3. The number of hydrogen-bond acceptors (Lipinski definition) is 4. The fourth-order valence-electron chi connectivity index (χ4n) is 2.90. The van der Waals surface area contributed by atoms with Gasteiger partial charge in [0.05, 0.1) is 15.9 Å². The number of aryl methyl sites for hydroxylation is 2. The maximum atomic E-state index is 13.0. The number of hydrogen-bond donors (Lipinski definition) is 2. The first-order valence-electron chi connectivity index (χ1n) is 9.26. The van der Waals surface area contributed by atoms with E-state index in [4.69, 9.17) is 5.11 Å². The van der Waals surface area contributed by atoms with Crippen molar-refractivity contribution >= 4 is 15.8 Å². The van der Waals surface area contributed by atoms with E-state index in [1.807, 2.05) is 37.3 Å². The largest absolute Gasteiger partial charge is 0.481 e. The summed E-state index contributed by atoms with van der Waals surface area (Å²) in [5.41, 5.74) is 2.05. The van der Waals surface area contributed by atoms with Crippen LogP contribution in [0.1, 0.15) is 36.8 Å². The molecule has 0 aromatic heterocycles. The Labute approximate surface area is 166 Å². The Bertz CT molecular complexity index is 900. The van der Waals surface area contributed by atoms with Gasteiger partial charge in [0.25, 0.3) is 0 Å². The molecular formula is C22H26O5S. The summed E-state index contributed by atoms with van der Waals surface area (Å²) in [6.07, 6.45) is 1.64. The highest BCUT2D eigenvalue weighted by molar-refractivity contribution is 7.95. The van der Waals surface area contributed by atoms with Gasteiger partial charge in [0.15, 0.2) is 0 Å². The van der Waals surface area contributed by atoms with Crippen LogP contribution in [-0.2, 0) is 21.1 Å². The van der Waals surface area contributed by atoms with Crippen LogP contribution in [0.5, 0.6) is 0 Å². The van der Waals surface area contributed by atoms with Gasteiger partial charge in [-0.1, -0.05) is 54.1 Å². The normalized spacial score (nSPS) is 13.3. The third-order valence-corrected chi connectivity index (χ3v) is 6.41. The zero-order valence-corrected chi connectivity index (χ0v) is 16.7. The predicted molar refractivity (Wildman–Crippen MR) is 109 cm³/mol. The number of aliphatic carboxylic acids is 1. The number of sulfone groups is 1. The molecule has 0 bridgehead atoms. The van der Waals surface area contributed by atoms with Crippen LogP contribution in [-0.4, -0.2) is 30.7 Å². The number of carboxylic acids is 1. The lowest BCUT2D eigenvalue weighted by Crippen LogP contribution is -2.19. The van der Waals surface area contributed by atoms with Gasteiger partial charge in [-0.25, -0.2) is 8.42 Å². The van der Waals surface area contributed by atoms with Gasteiger partial charge in [-0.15, -0.1) is 0 Å². The lowest BCUT2D eigenvalue weighted by Gasteiger charge is -2.16. The van der Waals surface area contributed by atoms with E-state index >= 15 is 0 Å². The molecule has 0 saturated heterocycles. The van der Waals surface area contributed by atoms with E-state index in [0.717, 1.165) is 17.5 Å². The number of allylic oxidation sites excluding steroid dienone is 1. The van der Waals surface area contributed by atoms with Crippen molar-refractivity contribution in [3.63, 3.8) is 0 Å². The van der Waals surface area contributed by atoms with Crippen LogP contribution in [0, 0.1) is 6.92 Å². The SMILES string of the molecule is Cc1ccc(S(=O)(=O)/C(=C/CCC(=O)O)C(O)CCCc2ccccc2)cc1. The van der Waals surface area contributed by atoms with Crippen molar-refractivity contribution in [3.05, 3.63) is 76.7 Å². The molecule has 2 aromatic rings. The highest BCUT2D eigenvalue weighted by Gasteiger charge is 2.26.